The van der Waals surface area contributed by atoms with Crippen LogP contribution in [0.5, 0.6) is 5.75 Å². The number of hydrogen-bond acceptors (Lipinski definition) is 9. The highest BCUT2D eigenvalue weighted by Gasteiger charge is 2.30. The van der Waals surface area contributed by atoms with Crippen molar-refractivity contribution in [3.63, 3.8) is 0 Å². The van der Waals surface area contributed by atoms with Crippen molar-refractivity contribution < 1.29 is 29.4 Å². The minimum atomic E-state index is -1.22. The fourth-order valence-electron chi connectivity index (χ4n) is 3.53. The topological polar surface area (TPSA) is 259 Å². The van der Waals surface area contributed by atoms with Gasteiger partial charge in [0.05, 0.1) is 6.04 Å². The number of aromatic hydroxyl groups is 1. The molecule has 0 heterocycles. The van der Waals surface area contributed by atoms with Crippen molar-refractivity contribution in [3.8, 4) is 5.75 Å². The lowest BCUT2D eigenvalue weighted by Crippen LogP contribution is -2.57. The Morgan fingerprint density at radius 1 is 0.897 bits per heavy atom. The number of phenolic OH excluding ortho intramolecular Hbond substituents is 1. The summed E-state index contributed by atoms with van der Waals surface area (Å²) in [5.74, 6) is -3.46. The molecule has 15 heteroatoms. The molecule has 4 atom stereocenters. The van der Waals surface area contributed by atoms with E-state index in [1.807, 2.05) is 0 Å². The zero-order chi connectivity index (χ0) is 29.4. The first-order chi connectivity index (χ1) is 18.5. The molecular formula is C24H40N8O6S. The normalized spacial score (nSPS) is 13.8. The van der Waals surface area contributed by atoms with Gasteiger partial charge in [0.25, 0.3) is 0 Å². The lowest BCUT2D eigenvalue weighted by Gasteiger charge is -2.25. The molecule has 218 valence electrons. The molecule has 0 spiro atoms. The highest BCUT2D eigenvalue weighted by atomic mass is 32.1. The monoisotopic (exact) mass is 568 g/mol. The number of unbranched alkanes of at least 4 members (excludes halogenated alkanes) is 1. The smallest absolute Gasteiger partial charge is 0.326 e. The van der Waals surface area contributed by atoms with E-state index >= 15 is 0 Å². The van der Waals surface area contributed by atoms with Gasteiger partial charge in [-0.25, -0.2) is 4.79 Å². The van der Waals surface area contributed by atoms with Crippen molar-refractivity contribution in [2.45, 2.75) is 62.7 Å². The minimum absolute atomic E-state index is 0.0220. The van der Waals surface area contributed by atoms with Crippen LogP contribution in [-0.2, 0) is 25.6 Å². The van der Waals surface area contributed by atoms with Gasteiger partial charge in [0.1, 0.15) is 23.9 Å². The van der Waals surface area contributed by atoms with E-state index in [2.05, 4.69) is 33.9 Å². The number of benzene rings is 1. The van der Waals surface area contributed by atoms with Gasteiger partial charge in [0, 0.05) is 18.7 Å². The Morgan fingerprint density at radius 2 is 1.46 bits per heavy atom. The maximum Gasteiger partial charge on any atom is 0.326 e. The van der Waals surface area contributed by atoms with Crippen LogP contribution in [0, 0.1) is 5.41 Å². The van der Waals surface area contributed by atoms with Crippen LogP contribution < -0.4 is 38.5 Å². The highest BCUT2D eigenvalue weighted by molar-refractivity contribution is 7.80. The van der Waals surface area contributed by atoms with E-state index in [0.717, 1.165) is 0 Å². The number of nitrogens with two attached hydrogens (primary N) is 3. The Morgan fingerprint density at radius 3 is 2.03 bits per heavy atom. The van der Waals surface area contributed by atoms with E-state index in [4.69, 9.17) is 22.6 Å². The summed E-state index contributed by atoms with van der Waals surface area (Å²) in [6.45, 7) is 0.617. The van der Waals surface area contributed by atoms with E-state index in [1.54, 1.807) is 12.1 Å². The fourth-order valence-corrected chi connectivity index (χ4v) is 3.70. The molecule has 0 aliphatic carbocycles. The Kier molecular flexibility index (Phi) is 15.3. The lowest BCUT2D eigenvalue weighted by molar-refractivity contribution is -0.142. The number of phenols is 1. The van der Waals surface area contributed by atoms with Gasteiger partial charge in [-0.1, -0.05) is 12.1 Å². The molecule has 3 amide bonds. The zero-order valence-corrected chi connectivity index (χ0v) is 22.6. The number of rotatable bonds is 18. The van der Waals surface area contributed by atoms with Crippen molar-refractivity contribution in [3.05, 3.63) is 29.8 Å². The summed E-state index contributed by atoms with van der Waals surface area (Å²) < 4.78 is 0. The third-order valence-electron chi connectivity index (χ3n) is 5.72. The summed E-state index contributed by atoms with van der Waals surface area (Å²) in [5, 5.41) is 36.6. The number of carbonyl (C=O) groups is 4. The molecule has 0 radical (unpaired) electrons. The van der Waals surface area contributed by atoms with Crippen molar-refractivity contribution in [1.29, 1.82) is 5.41 Å². The first-order valence-corrected chi connectivity index (χ1v) is 13.2. The average Bonchev–Trinajstić information content (AvgIpc) is 2.89. The number of hydrogen-bond donors (Lipinski definition) is 11. The van der Waals surface area contributed by atoms with E-state index in [0.29, 0.717) is 31.4 Å². The van der Waals surface area contributed by atoms with Gasteiger partial charge >= 0.3 is 5.97 Å². The molecule has 0 saturated heterocycles. The second-order valence-electron chi connectivity index (χ2n) is 8.95. The van der Waals surface area contributed by atoms with E-state index in [1.165, 1.54) is 12.1 Å². The number of carboxylic acid groups (broad SMARTS) is 1. The zero-order valence-electron chi connectivity index (χ0n) is 21.7. The van der Waals surface area contributed by atoms with Crippen LogP contribution in [0.25, 0.3) is 0 Å². The third kappa shape index (κ3) is 13.2. The molecule has 14 nitrogen and oxygen atoms in total. The second kappa shape index (κ2) is 17.9. The molecular weight excluding hydrogens is 528 g/mol. The van der Waals surface area contributed by atoms with Crippen molar-refractivity contribution in [2.75, 3.05) is 18.8 Å². The standard InChI is InChI=1S/C24H40N8O6S/c25-10-2-1-4-18(23(37)38)31-21(35)17(5-3-11-29-24(27)28)30-22(36)19(32-20(34)16(26)13-39)12-14-6-8-15(33)9-7-14/h6-9,16-19,33,39H,1-5,10-13,25-26H2,(H,30,36)(H,31,35)(H,32,34)(H,37,38)(H4,27,28,29)/t16-,17-,18-,19-/m0/s1. The van der Waals surface area contributed by atoms with Gasteiger partial charge in [-0.05, 0) is 56.3 Å². The maximum absolute atomic E-state index is 13.3. The van der Waals surface area contributed by atoms with Crippen LogP contribution in [0.2, 0.25) is 0 Å². The first kappa shape index (κ1) is 33.5. The average molecular weight is 569 g/mol. The Labute approximate surface area is 232 Å². The Hall–Kier alpha value is -3.56. The maximum atomic E-state index is 13.3. The quantitative estimate of drug-likeness (QED) is 0.0406. The predicted octanol–water partition coefficient (Wildman–Crippen LogP) is -1.88. The summed E-state index contributed by atoms with van der Waals surface area (Å²) in [6, 6.07) is 1.57. The molecule has 1 aromatic rings. The lowest BCUT2D eigenvalue weighted by atomic mass is 10.0. The molecule has 0 bridgehead atoms. The van der Waals surface area contributed by atoms with Crippen molar-refractivity contribution >= 4 is 42.3 Å². The van der Waals surface area contributed by atoms with Crippen LogP contribution >= 0.6 is 12.6 Å². The molecule has 0 unspecified atom stereocenters. The summed E-state index contributed by atoms with van der Waals surface area (Å²) in [5.41, 5.74) is 17.1. The molecule has 13 N–H and O–H groups in total. The van der Waals surface area contributed by atoms with Crippen LogP contribution in [0.15, 0.2) is 24.3 Å². The van der Waals surface area contributed by atoms with Crippen LogP contribution in [0.1, 0.15) is 37.7 Å². The van der Waals surface area contributed by atoms with Crippen LogP contribution in [0.3, 0.4) is 0 Å². The highest BCUT2D eigenvalue weighted by Crippen LogP contribution is 2.12. The minimum Gasteiger partial charge on any atom is -0.508 e. The predicted molar refractivity (Wildman–Crippen MR) is 149 cm³/mol. The van der Waals surface area contributed by atoms with Crippen molar-refractivity contribution in [1.82, 2.24) is 21.3 Å². The Bertz CT molecular complexity index is 964. The second-order valence-corrected chi connectivity index (χ2v) is 9.31. The van der Waals surface area contributed by atoms with Gasteiger partial charge in [-0.2, -0.15) is 12.6 Å². The summed E-state index contributed by atoms with van der Waals surface area (Å²) in [4.78, 5) is 50.6. The number of thiol groups is 1. The SMILES string of the molecule is N=C(N)NCCC[C@H](NC(=O)[C@H](Cc1ccc(O)cc1)NC(=O)[C@@H](N)CS)C(=O)N[C@@H](CCCCN)C(=O)O. The molecule has 1 rings (SSSR count). The van der Waals surface area contributed by atoms with Gasteiger partial charge < -0.3 is 48.7 Å². The van der Waals surface area contributed by atoms with Gasteiger partial charge in [-0.3, -0.25) is 19.8 Å². The molecule has 0 aliphatic heterocycles. The summed E-state index contributed by atoms with van der Waals surface area (Å²) in [7, 11) is 0. The van der Waals surface area contributed by atoms with Gasteiger partial charge in [0.15, 0.2) is 5.96 Å². The number of nitrogens with one attached hydrogen (secondary N) is 5. The van der Waals surface area contributed by atoms with Crippen molar-refractivity contribution in [2.24, 2.45) is 17.2 Å². The molecule has 1 aromatic carbocycles. The van der Waals surface area contributed by atoms with Crippen LogP contribution in [-0.4, -0.2) is 82.9 Å². The Balaban J connectivity index is 3.11. The molecule has 0 aromatic heterocycles. The molecule has 0 fully saturated rings. The number of carboxylic acids is 1. The van der Waals surface area contributed by atoms with E-state index in [9.17, 15) is 29.4 Å². The largest absolute Gasteiger partial charge is 0.508 e. The third-order valence-corrected chi connectivity index (χ3v) is 6.12. The van der Waals surface area contributed by atoms with E-state index in [-0.39, 0.29) is 43.3 Å². The number of guanidine groups is 1. The van der Waals surface area contributed by atoms with Gasteiger partial charge in [-0.15, -0.1) is 0 Å². The molecule has 0 saturated carbocycles. The fraction of sp³-hybridized carbons (Fsp3) is 0.542. The summed E-state index contributed by atoms with van der Waals surface area (Å²) >= 11 is 4.01. The number of aliphatic carboxylic acids is 1. The molecule has 0 aliphatic rings. The number of amides is 3. The number of carbonyl (C=O) groups excluding carboxylic acids is 3. The van der Waals surface area contributed by atoms with E-state index < -0.39 is 47.9 Å². The first-order valence-electron chi connectivity index (χ1n) is 12.5. The van der Waals surface area contributed by atoms with Gasteiger partial charge in [0.2, 0.25) is 17.7 Å². The molecule has 39 heavy (non-hydrogen) atoms. The summed E-state index contributed by atoms with van der Waals surface area (Å²) in [6.07, 6.45) is 1.65. The van der Waals surface area contributed by atoms with Crippen LogP contribution in [0.4, 0.5) is 0 Å².